The second-order valence-corrected chi connectivity index (χ2v) is 6.04. The van der Waals surface area contributed by atoms with Crippen LogP contribution >= 0.6 is 11.6 Å². The average Bonchev–Trinajstić information content (AvgIpc) is 2.60. The van der Waals surface area contributed by atoms with Crippen LogP contribution in [0.1, 0.15) is 5.56 Å². The zero-order valence-electron chi connectivity index (χ0n) is 13.6. The molecular formula is C16H24ClN5O2. The van der Waals surface area contributed by atoms with Gasteiger partial charge in [-0.15, -0.1) is 0 Å². The summed E-state index contributed by atoms with van der Waals surface area (Å²) < 4.78 is 0. The number of urea groups is 1. The van der Waals surface area contributed by atoms with Crippen molar-refractivity contribution in [3.05, 3.63) is 34.9 Å². The SMILES string of the molecule is O=C(CNC(=O)NCc1ccc(Cl)cc1)NCCN1CCNCC1. The van der Waals surface area contributed by atoms with Crippen molar-refractivity contribution >= 4 is 23.5 Å². The van der Waals surface area contributed by atoms with E-state index in [0.29, 0.717) is 18.1 Å². The number of rotatable bonds is 7. The van der Waals surface area contributed by atoms with Gasteiger partial charge >= 0.3 is 6.03 Å². The van der Waals surface area contributed by atoms with Crippen LogP contribution < -0.4 is 21.3 Å². The molecule has 8 heteroatoms. The zero-order chi connectivity index (χ0) is 17.2. The van der Waals surface area contributed by atoms with Crippen molar-refractivity contribution in [1.29, 1.82) is 0 Å². The molecule has 0 spiro atoms. The molecule has 4 N–H and O–H groups in total. The maximum Gasteiger partial charge on any atom is 0.315 e. The van der Waals surface area contributed by atoms with Gasteiger partial charge in [-0.2, -0.15) is 0 Å². The smallest absolute Gasteiger partial charge is 0.315 e. The van der Waals surface area contributed by atoms with Crippen molar-refractivity contribution in [1.82, 2.24) is 26.2 Å². The Balaban J connectivity index is 1.53. The molecular weight excluding hydrogens is 330 g/mol. The number of hydrogen-bond acceptors (Lipinski definition) is 4. The molecule has 1 aromatic rings. The van der Waals surface area contributed by atoms with Gasteiger partial charge in [0.15, 0.2) is 0 Å². The molecule has 24 heavy (non-hydrogen) atoms. The second kappa shape index (κ2) is 10.1. The van der Waals surface area contributed by atoms with Gasteiger partial charge in [0.1, 0.15) is 0 Å². The molecule has 0 radical (unpaired) electrons. The minimum Gasteiger partial charge on any atom is -0.353 e. The lowest BCUT2D eigenvalue weighted by Gasteiger charge is -2.27. The molecule has 1 aliphatic heterocycles. The highest BCUT2D eigenvalue weighted by atomic mass is 35.5. The quantitative estimate of drug-likeness (QED) is 0.562. The van der Waals surface area contributed by atoms with Gasteiger partial charge in [0.05, 0.1) is 6.54 Å². The number of hydrogen-bond donors (Lipinski definition) is 4. The fourth-order valence-electron chi connectivity index (χ4n) is 2.36. The van der Waals surface area contributed by atoms with Gasteiger partial charge in [0, 0.05) is 50.8 Å². The van der Waals surface area contributed by atoms with E-state index in [1.165, 1.54) is 0 Å². The van der Waals surface area contributed by atoms with E-state index < -0.39 is 0 Å². The summed E-state index contributed by atoms with van der Waals surface area (Å²) >= 11 is 5.80. The molecule has 1 heterocycles. The third-order valence-corrected chi connectivity index (χ3v) is 3.99. The van der Waals surface area contributed by atoms with Crippen LogP contribution in [0, 0.1) is 0 Å². The van der Waals surface area contributed by atoms with E-state index in [2.05, 4.69) is 26.2 Å². The normalized spacial score (nSPS) is 14.9. The first-order valence-electron chi connectivity index (χ1n) is 8.09. The summed E-state index contributed by atoms with van der Waals surface area (Å²) in [5, 5.41) is 12.0. The first-order chi connectivity index (χ1) is 11.6. The van der Waals surface area contributed by atoms with Gasteiger partial charge in [-0.3, -0.25) is 9.69 Å². The number of nitrogens with zero attached hydrogens (tertiary/aromatic N) is 1. The minimum absolute atomic E-state index is 0.0337. The van der Waals surface area contributed by atoms with Gasteiger partial charge < -0.3 is 21.3 Å². The molecule has 0 aromatic heterocycles. The highest BCUT2D eigenvalue weighted by Crippen LogP contribution is 2.08. The summed E-state index contributed by atoms with van der Waals surface area (Å²) in [6.07, 6.45) is 0. The summed E-state index contributed by atoms with van der Waals surface area (Å²) in [6, 6.07) is 6.84. The lowest BCUT2D eigenvalue weighted by Crippen LogP contribution is -2.47. The Bertz CT molecular complexity index is 532. The topological polar surface area (TPSA) is 85.5 Å². The first kappa shape index (κ1) is 18.5. The number of amides is 3. The van der Waals surface area contributed by atoms with E-state index in [9.17, 15) is 9.59 Å². The van der Waals surface area contributed by atoms with E-state index in [0.717, 1.165) is 38.3 Å². The van der Waals surface area contributed by atoms with Crippen molar-refractivity contribution in [2.24, 2.45) is 0 Å². The molecule has 1 aromatic carbocycles. The Kier molecular flexibility index (Phi) is 7.81. The fourth-order valence-corrected chi connectivity index (χ4v) is 2.48. The van der Waals surface area contributed by atoms with Gasteiger partial charge in [-0.05, 0) is 17.7 Å². The van der Waals surface area contributed by atoms with E-state index in [1.807, 2.05) is 12.1 Å². The number of carbonyl (C=O) groups excluding carboxylic acids is 2. The van der Waals surface area contributed by atoms with Gasteiger partial charge in [0.2, 0.25) is 5.91 Å². The highest BCUT2D eigenvalue weighted by Gasteiger charge is 2.09. The Hall–Kier alpha value is -1.83. The van der Waals surface area contributed by atoms with E-state index >= 15 is 0 Å². The number of nitrogens with one attached hydrogen (secondary N) is 4. The lowest BCUT2D eigenvalue weighted by atomic mass is 10.2. The van der Waals surface area contributed by atoms with Crippen molar-refractivity contribution in [3.8, 4) is 0 Å². The molecule has 1 fully saturated rings. The Morgan fingerprint density at radius 3 is 2.50 bits per heavy atom. The fraction of sp³-hybridized carbons (Fsp3) is 0.500. The van der Waals surface area contributed by atoms with E-state index in [-0.39, 0.29) is 18.5 Å². The predicted molar refractivity (Wildman–Crippen MR) is 94.0 cm³/mol. The third-order valence-electron chi connectivity index (χ3n) is 3.74. The predicted octanol–water partition coefficient (Wildman–Crippen LogP) is 0.161. The van der Waals surface area contributed by atoms with Gasteiger partial charge in [-0.25, -0.2) is 4.79 Å². The summed E-state index contributed by atoms with van der Waals surface area (Å²) in [4.78, 5) is 25.7. The molecule has 1 saturated heterocycles. The van der Waals surface area contributed by atoms with Crippen LogP contribution in [0.4, 0.5) is 4.79 Å². The maximum absolute atomic E-state index is 11.7. The van der Waals surface area contributed by atoms with Crippen LogP contribution in [0.25, 0.3) is 0 Å². The number of piperazine rings is 1. The molecule has 0 saturated carbocycles. The number of halogens is 1. The molecule has 7 nitrogen and oxygen atoms in total. The zero-order valence-corrected chi connectivity index (χ0v) is 14.4. The highest BCUT2D eigenvalue weighted by molar-refractivity contribution is 6.30. The molecule has 132 valence electrons. The summed E-state index contributed by atoms with van der Waals surface area (Å²) in [5.41, 5.74) is 0.940. The molecule has 2 rings (SSSR count). The van der Waals surface area contributed by atoms with Crippen LogP contribution in [0.5, 0.6) is 0 Å². The Labute approximate surface area is 147 Å². The molecule has 1 aliphatic rings. The van der Waals surface area contributed by atoms with Crippen LogP contribution in [-0.2, 0) is 11.3 Å². The van der Waals surface area contributed by atoms with Crippen LogP contribution in [0.15, 0.2) is 24.3 Å². The van der Waals surface area contributed by atoms with Gasteiger partial charge in [0.25, 0.3) is 0 Å². The van der Waals surface area contributed by atoms with Crippen molar-refractivity contribution in [3.63, 3.8) is 0 Å². The summed E-state index contributed by atoms with van der Waals surface area (Å²) in [6.45, 7) is 5.75. The Morgan fingerprint density at radius 1 is 1.08 bits per heavy atom. The monoisotopic (exact) mass is 353 g/mol. The third kappa shape index (κ3) is 7.16. The maximum atomic E-state index is 11.7. The Morgan fingerprint density at radius 2 is 1.79 bits per heavy atom. The number of carbonyl (C=O) groups is 2. The van der Waals surface area contributed by atoms with Crippen LogP contribution in [-0.4, -0.2) is 62.7 Å². The summed E-state index contributed by atoms with van der Waals surface area (Å²) in [7, 11) is 0. The van der Waals surface area contributed by atoms with E-state index in [4.69, 9.17) is 11.6 Å². The standard InChI is InChI=1S/C16H24ClN5O2/c17-14-3-1-13(2-4-14)11-20-16(24)21-12-15(23)19-7-10-22-8-5-18-6-9-22/h1-4,18H,5-12H2,(H,19,23)(H2,20,21,24). The summed E-state index contributed by atoms with van der Waals surface area (Å²) in [5.74, 6) is -0.188. The largest absolute Gasteiger partial charge is 0.353 e. The van der Waals surface area contributed by atoms with Crippen LogP contribution in [0.2, 0.25) is 5.02 Å². The van der Waals surface area contributed by atoms with Crippen LogP contribution in [0.3, 0.4) is 0 Å². The minimum atomic E-state index is -0.373. The molecule has 0 atom stereocenters. The van der Waals surface area contributed by atoms with Crippen molar-refractivity contribution in [2.45, 2.75) is 6.54 Å². The first-order valence-corrected chi connectivity index (χ1v) is 8.47. The molecule has 3 amide bonds. The van der Waals surface area contributed by atoms with Crippen molar-refractivity contribution < 1.29 is 9.59 Å². The second-order valence-electron chi connectivity index (χ2n) is 5.60. The van der Waals surface area contributed by atoms with Gasteiger partial charge in [-0.1, -0.05) is 23.7 Å². The number of benzene rings is 1. The molecule has 0 bridgehead atoms. The van der Waals surface area contributed by atoms with E-state index in [1.54, 1.807) is 12.1 Å². The molecule has 0 unspecified atom stereocenters. The van der Waals surface area contributed by atoms with Crippen molar-refractivity contribution in [2.75, 3.05) is 45.8 Å². The lowest BCUT2D eigenvalue weighted by molar-refractivity contribution is -0.120. The molecule has 0 aliphatic carbocycles. The average molecular weight is 354 g/mol.